The summed E-state index contributed by atoms with van der Waals surface area (Å²) in [6.45, 7) is 1.96. The van der Waals surface area contributed by atoms with Gasteiger partial charge in [0.05, 0.1) is 0 Å². The summed E-state index contributed by atoms with van der Waals surface area (Å²) in [5.41, 5.74) is 5.85. The number of benzene rings is 2. The number of imide groups is 1. The van der Waals surface area contributed by atoms with Crippen LogP contribution in [0.3, 0.4) is 0 Å². The van der Waals surface area contributed by atoms with Crippen LogP contribution in [-0.2, 0) is 42.5 Å². The molecule has 1 heterocycles. The highest BCUT2D eigenvalue weighted by atomic mass is 16.6. The van der Waals surface area contributed by atoms with Gasteiger partial charge in [0.25, 0.3) is 5.91 Å². The predicted molar refractivity (Wildman–Crippen MR) is 132 cm³/mol. The number of carbonyl (C=O) groups is 5. The molecule has 1 aliphatic heterocycles. The second-order valence-corrected chi connectivity index (χ2v) is 9.86. The number of anilines is 1. The van der Waals surface area contributed by atoms with Gasteiger partial charge in [-0.3, -0.25) is 19.2 Å². The Morgan fingerprint density at radius 2 is 1.89 bits per heavy atom. The van der Waals surface area contributed by atoms with Crippen molar-refractivity contribution in [2.24, 2.45) is 11.7 Å². The molecular formula is C27H28N4O6. The van der Waals surface area contributed by atoms with Gasteiger partial charge in [-0.2, -0.15) is 0 Å². The van der Waals surface area contributed by atoms with E-state index in [4.69, 9.17) is 10.5 Å². The number of nitrogens with one attached hydrogen (secondary N) is 1. The molecular weight excluding hydrogens is 476 g/mol. The molecule has 0 aromatic heterocycles. The number of rotatable bonds is 7. The Hall–Kier alpha value is -4.21. The molecule has 10 nitrogen and oxygen atoms in total. The summed E-state index contributed by atoms with van der Waals surface area (Å²) in [4.78, 5) is 65.5. The van der Waals surface area contributed by atoms with Crippen LogP contribution in [0.2, 0.25) is 0 Å². The lowest BCUT2D eigenvalue weighted by atomic mass is 9.94. The summed E-state index contributed by atoms with van der Waals surface area (Å²) < 4.78 is 5.65. The van der Waals surface area contributed by atoms with Gasteiger partial charge in [-0.25, -0.2) is 9.69 Å². The number of aryl methyl sites for hydroxylation is 1. The number of hydrogen-bond donors (Lipinski definition) is 2. The third-order valence-corrected chi connectivity index (χ3v) is 7.45. The van der Waals surface area contributed by atoms with E-state index in [9.17, 15) is 24.0 Å². The molecule has 2 aliphatic carbocycles. The highest BCUT2D eigenvalue weighted by molar-refractivity contribution is 6.39. The van der Waals surface area contributed by atoms with Crippen LogP contribution in [0, 0.1) is 5.92 Å². The van der Waals surface area contributed by atoms with Crippen LogP contribution in [-0.4, -0.2) is 52.1 Å². The third kappa shape index (κ3) is 4.54. The fraction of sp³-hybridized carbons (Fsp3) is 0.370. The lowest BCUT2D eigenvalue weighted by Crippen LogP contribution is -2.47. The molecule has 2 aromatic carbocycles. The van der Waals surface area contributed by atoms with Crippen molar-refractivity contribution < 1.29 is 28.7 Å². The first-order chi connectivity index (χ1) is 17.7. The summed E-state index contributed by atoms with van der Waals surface area (Å²) in [5.74, 6) is -2.69. The molecule has 1 spiro atoms. The number of primary amides is 1. The Morgan fingerprint density at radius 3 is 2.57 bits per heavy atom. The van der Waals surface area contributed by atoms with Gasteiger partial charge >= 0.3 is 17.9 Å². The van der Waals surface area contributed by atoms with Crippen LogP contribution in [0.1, 0.15) is 42.9 Å². The molecule has 3 N–H and O–H groups in total. The average molecular weight is 505 g/mol. The summed E-state index contributed by atoms with van der Waals surface area (Å²) >= 11 is 0. The van der Waals surface area contributed by atoms with Crippen molar-refractivity contribution in [2.75, 3.05) is 11.9 Å². The third-order valence-electron chi connectivity index (χ3n) is 7.45. The zero-order chi connectivity index (χ0) is 26.3. The number of hydrogen-bond acceptors (Lipinski definition) is 6. The van der Waals surface area contributed by atoms with Gasteiger partial charge in [-0.05, 0) is 55.4 Å². The average Bonchev–Trinajstić information content (AvgIpc) is 3.64. The van der Waals surface area contributed by atoms with Gasteiger partial charge in [-0.1, -0.05) is 36.4 Å². The van der Waals surface area contributed by atoms with Gasteiger partial charge in [0.1, 0.15) is 6.54 Å². The molecule has 2 fully saturated rings. The maximum absolute atomic E-state index is 13.6. The summed E-state index contributed by atoms with van der Waals surface area (Å²) in [7, 11) is 0. The first-order valence-electron chi connectivity index (χ1n) is 12.3. The maximum atomic E-state index is 13.6. The fourth-order valence-electron chi connectivity index (χ4n) is 5.20. The second kappa shape index (κ2) is 9.34. The SMILES string of the molecule is CC(C1CC1)N(Cc1ccccc1)C(=O)CN1C(=O)OC2(CCc3ccc(NC(=O)C(N)=O)cc32)C1=O. The van der Waals surface area contributed by atoms with E-state index in [0.717, 1.165) is 28.9 Å². The van der Waals surface area contributed by atoms with Crippen LogP contribution in [0.15, 0.2) is 48.5 Å². The molecule has 192 valence electrons. The molecule has 5 rings (SSSR count). The smallest absolute Gasteiger partial charge is 0.418 e. The van der Waals surface area contributed by atoms with E-state index in [1.54, 1.807) is 17.0 Å². The highest BCUT2D eigenvalue weighted by Crippen LogP contribution is 2.46. The Morgan fingerprint density at radius 1 is 1.16 bits per heavy atom. The van der Waals surface area contributed by atoms with Gasteiger partial charge in [0, 0.05) is 30.3 Å². The quantitative estimate of drug-likeness (QED) is 0.554. The largest absolute Gasteiger partial charge is 0.427 e. The second-order valence-electron chi connectivity index (χ2n) is 9.86. The Bertz CT molecular complexity index is 1290. The molecule has 5 amide bonds. The van der Waals surface area contributed by atoms with Crippen molar-refractivity contribution in [3.8, 4) is 0 Å². The van der Waals surface area contributed by atoms with Crippen molar-refractivity contribution in [3.63, 3.8) is 0 Å². The Kier molecular flexibility index (Phi) is 6.18. The van der Waals surface area contributed by atoms with Gasteiger partial charge < -0.3 is 20.7 Å². The molecule has 1 saturated heterocycles. The van der Waals surface area contributed by atoms with Gasteiger partial charge in [-0.15, -0.1) is 0 Å². The van der Waals surface area contributed by atoms with Crippen molar-refractivity contribution in [1.82, 2.24) is 9.80 Å². The maximum Gasteiger partial charge on any atom is 0.418 e. The van der Waals surface area contributed by atoms with E-state index in [2.05, 4.69) is 5.32 Å². The number of nitrogens with two attached hydrogens (primary N) is 1. The van der Waals surface area contributed by atoms with E-state index in [1.165, 1.54) is 6.07 Å². The summed E-state index contributed by atoms with van der Waals surface area (Å²) in [6.07, 6.45) is 1.89. The van der Waals surface area contributed by atoms with Crippen LogP contribution < -0.4 is 11.1 Å². The molecule has 2 aromatic rings. The van der Waals surface area contributed by atoms with E-state index >= 15 is 0 Å². The summed E-state index contributed by atoms with van der Waals surface area (Å²) in [6, 6.07) is 14.4. The molecule has 2 atom stereocenters. The van der Waals surface area contributed by atoms with Crippen molar-refractivity contribution >= 4 is 35.4 Å². The minimum absolute atomic E-state index is 0.0287. The minimum Gasteiger partial charge on any atom is -0.427 e. The van der Waals surface area contributed by atoms with E-state index < -0.39 is 36.0 Å². The lowest BCUT2D eigenvalue weighted by molar-refractivity contribution is -0.143. The van der Waals surface area contributed by atoms with Crippen LogP contribution in [0.5, 0.6) is 0 Å². The Labute approximate surface area is 213 Å². The molecule has 1 saturated carbocycles. The molecule has 0 radical (unpaired) electrons. The first-order valence-corrected chi connectivity index (χ1v) is 12.3. The van der Waals surface area contributed by atoms with Crippen molar-refractivity contribution in [2.45, 2.75) is 50.8 Å². The standard InChI is InChI=1S/C27H28N4O6/c1-16(18-7-8-18)30(14-17-5-3-2-4-6-17)22(32)15-31-25(35)27(37-26(31)36)12-11-19-9-10-20(13-21(19)27)29-24(34)23(28)33/h2-6,9-10,13,16,18H,7-8,11-12,14-15H2,1H3,(H2,28,33)(H,29,34). The fourth-order valence-corrected chi connectivity index (χ4v) is 5.20. The molecule has 37 heavy (non-hydrogen) atoms. The van der Waals surface area contributed by atoms with Crippen molar-refractivity contribution in [3.05, 3.63) is 65.2 Å². The Balaban J connectivity index is 1.37. The highest BCUT2D eigenvalue weighted by Gasteiger charge is 2.58. The van der Waals surface area contributed by atoms with Crippen LogP contribution in [0.25, 0.3) is 0 Å². The number of carbonyl (C=O) groups excluding carboxylic acids is 5. The van der Waals surface area contributed by atoms with Crippen molar-refractivity contribution in [1.29, 1.82) is 0 Å². The zero-order valence-electron chi connectivity index (χ0n) is 20.4. The number of fused-ring (bicyclic) bond motifs is 2. The topological polar surface area (TPSA) is 139 Å². The lowest BCUT2D eigenvalue weighted by Gasteiger charge is -2.30. The minimum atomic E-state index is -1.58. The van der Waals surface area contributed by atoms with E-state index in [-0.39, 0.29) is 24.1 Å². The zero-order valence-corrected chi connectivity index (χ0v) is 20.4. The monoisotopic (exact) mass is 504 g/mol. The molecule has 3 aliphatic rings. The normalized spacial score (nSPS) is 20.9. The molecule has 10 heteroatoms. The predicted octanol–water partition coefficient (Wildman–Crippen LogP) is 2.06. The number of amides is 5. The van der Waals surface area contributed by atoms with E-state index in [1.807, 2.05) is 37.3 Å². The van der Waals surface area contributed by atoms with Crippen LogP contribution >= 0.6 is 0 Å². The van der Waals surface area contributed by atoms with Crippen LogP contribution in [0.4, 0.5) is 10.5 Å². The molecule has 0 bridgehead atoms. The molecule has 2 unspecified atom stereocenters. The van der Waals surface area contributed by atoms with E-state index in [0.29, 0.717) is 24.4 Å². The first kappa shape index (κ1) is 24.5. The van der Waals surface area contributed by atoms with Gasteiger partial charge in [0.2, 0.25) is 11.5 Å². The summed E-state index contributed by atoms with van der Waals surface area (Å²) in [5, 5.41) is 2.37. The number of ether oxygens (including phenoxy) is 1. The van der Waals surface area contributed by atoms with Gasteiger partial charge in [0.15, 0.2) is 0 Å². The number of nitrogens with zero attached hydrogens (tertiary/aromatic N) is 2.